The molecule has 1 amide bonds. The Kier molecular flexibility index (Phi) is 3.60. The molecule has 0 spiro atoms. The van der Waals surface area contributed by atoms with E-state index >= 15 is 0 Å². The smallest absolute Gasteiger partial charge is 0.337 e. The normalized spacial score (nSPS) is 10.2. The lowest BCUT2D eigenvalue weighted by molar-refractivity contribution is 0.0694. The van der Waals surface area contributed by atoms with Crippen LogP contribution in [0.25, 0.3) is 0 Å². The van der Waals surface area contributed by atoms with Crippen molar-refractivity contribution in [3.63, 3.8) is 0 Å². The number of nitrogens with one attached hydrogen (secondary N) is 1. The highest BCUT2D eigenvalue weighted by Gasteiger charge is 2.13. The van der Waals surface area contributed by atoms with Gasteiger partial charge in [-0.2, -0.15) is 0 Å². The van der Waals surface area contributed by atoms with Crippen LogP contribution in [0.2, 0.25) is 0 Å². The Labute approximate surface area is 93.5 Å². The second-order valence-electron chi connectivity index (χ2n) is 3.76. The molecule has 16 heavy (non-hydrogen) atoms. The highest BCUT2D eigenvalue weighted by molar-refractivity contribution is 5.94. The number of hydrogen-bond donors (Lipinski definition) is 2. The Balaban J connectivity index is 2.97. The summed E-state index contributed by atoms with van der Waals surface area (Å²) in [6.45, 7) is 5.25. The Morgan fingerprint density at radius 3 is 2.44 bits per heavy atom. The summed E-state index contributed by atoms with van der Waals surface area (Å²) in [7, 11) is 0. The Bertz CT molecular complexity index is 427. The number of rotatable bonds is 3. The first-order chi connectivity index (χ1) is 7.41. The molecule has 2 N–H and O–H groups in total. The summed E-state index contributed by atoms with van der Waals surface area (Å²) in [5, 5.41) is 11.5. The van der Waals surface area contributed by atoms with Crippen LogP contribution in [0.3, 0.4) is 0 Å². The number of carboxylic acid groups (broad SMARTS) is 1. The van der Waals surface area contributed by atoms with Gasteiger partial charge in [0.2, 0.25) is 0 Å². The molecule has 0 bridgehead atoms. The van der Waals surface area contributed by atoms with Crippen LogP contribution in [0, 0.1) is 6.92 Å². The summed E-state index contributed by atoms with van der Waals surface area (Å²) in [5.41, 5.74) is 0.682. The third-order valence-electron chi connectivity index (χ3n) is 1.97. The van der Waals surface area contributed by atoms with E-state index in [0.29, 0.717) is 5.69 Å². The van der Waals surface area contributed by atoms with Gasteiger partial charge in [0.25, 0.3) is 5.91 Å². The van der Waals surface area contributed by atoms with Crippen LogP contribution in [-0.4, -0.2) is 28.0 Å². The largest absolute Gasteiger partial charge is 0.478 e. The molecule has 0 radical (unpaired) electrons. The summed E-state index contributed by atoms with van der Waals surface area (Å²) >= 11 is 0. The predicted octanol–water partition coefficient (Wildman–Crippen LogP) is 1.23. The van der Waals surface area contributed by atoms with Crippen LogP contribution in [-0.2, 0) is 0 Å². The Hall–Kier alpha value is -1.91. The van der Waals surface area contributed by atoms with Crippen molar-refractivity contribution < 1.29 is 14.7 Å². The number of carbonyl (C=O) groups excluding carboxylic acids is 1. The van der Waals surface area contributed by atoms with Crippen LogP contribution in [0.1, 0.15) is 40.4 Å². The van der Waals surface area contributed by atoms with Gasteiger partial charge in [0, 0.05) is 6.04 Å². The van der Waals surface area contributed by atoms with Gasteiger partial charge < -0.3 is 10.4 Å². The molecule has 0 fully saturated rings. The van der Waals surface area contributed by atoms with Gasteiger partial charge in [0.15, 0.2) is 0 Å². The molecule has 0 aliphatic heterocycles. The molecule has 1 rings (SSSR count). The first-order valence-corrected chi connectivity index (χ1v) is 4.93. The van der Waals surface area contributed by atoms with Gasteiger partial charge in [-0.3, -0.25) is 4.79 Å². The zero-order chi connectivity index (χ0) is 12.3. The monoisotopic (exact) mass is 222 g/mol. The van der Waals surface area contributed by atoms with E-state index in [1.807, 2.05) is 13.8 Å². The number of aryl methyl sites for hydroxylation is 1. The molecule has 1 aromatic heterocycles. The van der Waals surface area contributed by atoms with Gasteiger partial charge in [-0.05, 0) is 32.9 Å². The average molecular weight is 222 g/mol. The van der Waals surface area contributed by atoms with E-state index in [4.69, 9.17) is 5.11 Å². The van der Waals surface area contributed by atoms with Crippen molar-refractivity contribution in [2.45, 2.75) is 26.8 Å². The van der Waals surface area contributed by atoms with E-state index in [1.54, 1.807) is 6.92 Å². The van der Waals surface area contributed by atoms with Crippen molar-refractivity contribution in [2.24, 2.45) is 0 Å². The van der Waals surface area contributed by atoms with Crippen LogP contribution in [0.4, 0.5) is 0 Å². The van der Waals surface area contributed by atoms with Crippen molar-refractivity contribution in [3.8, 4) is 0 Å². The number of carboxylic acids is 1. The van der Waals surface area contributed by atoms with E-state index in [2.05, 4.69) is 10.3 Å². The molecule has 0 saturated carbocycles. The number of carbonyl (C=O) groups is 2. The maximum atomic E-state index is 11.6. The third-order valence-corrected chi connectivity index (χ3v) is 1.97. The number of hydrogen-bond acceptors (Lipinski definition) is 3. The molecule has 0 aliphatic rings. The fourth-order valence-electron chi connectivity index (χ4n) is 1.25. The highest BCUT2D eigenvalue weighted by atomic mass is 16.4. The van der Waals surface area contributed by atoms with Gasteiger partial charge in [0.1, 0.15) is 5.69 Å². The Morgan fingerprint density at radius 2 is 2.00 bits per heavy atom. The molecule has 0 saturated heterocycles. The fourth-order valence-corrected chi connectivity index (χ4v) is 1.25. The standard InChI is InChI=1S/C11H14N2O3/c1-6(2)12-10(14)9-5-4-8(11(15)16)7(3)13-9/h4-6H,1-3H3,(H,12,14)(H,15,16). The molecule has 5 heteroatoms. The molecular weight excluding hydrogens is 208 g/mol. The minimum absolute atomic E-state index is 0.0220. The topological polar surface area (TPSA) is 79.3 Å². The maximum Gasteiger partial charge on any atom is 0.337 e. The van der Waals surface area contributed by atoms with E-state index in [0.717, 1.165) is 0 Å². The molecule has 5 nitrogen and oxygen atoms in total. The number of amides is 1. The van der Waals surface area contributed by atoms with Gasteiger partial charge >= 0.3 is 5.97 Å². The third kappa shape index (κ3) is 2.79. The van der Waals surface area contributed by atoms with Gasteiger partial charge in [-0.15, -0.1) is 0 Å². The van der Waals surface area contributed by atoms with Crippen LogP contribution in [0.15, 0.2) is 12.1 Å². The highest BCUT2D eigenvalue weighted by Crippen LogP contribution is 2.07. The molecule has 1 heterocycles. The first-order valence-electron chi connectivity index (χ1n) is 4.93. The van der Waals surface area contributed by atoms with Gasteiger partial charge in [0.05, 0.1) is 11.3 Å². The van der Waals surface area contributed by atoms with E-state index in [-0.39, 0.29) is 23.2 Å². The predicted molar refractivity (Wildman–Crippen MR) is 58.5 cm³/mol. The quantitative estimate of drug-likeness (QED) is 0.806. The number of pyridine rings is 1. The fraction of sp³-hybridized carbons (Fsp3) is 0.364. The van der Waals surface area contributed by atoms with Crippen molar-refractivity contribution >= 4 is 11.9 Å². The molecule has 0 unspecified atom stereocenters. The molecule has 86 valence electrons. The van der Waals surface area contributed by atoms with Crippen LogP contribution < -0.4 is 5.32 Å². The SMILES string of the molecule is Cc1nc(C(=O)NC(C)C)ccc1C(=O)O. The summed E-state index contributed by atoms with van der Waals surface area (Å²) in [6, 6.07) is 2.82. The molecule has 1 aromatic rings. The summed E-state index contributed by atoms with van der Waals surface area (Å²) in [6.07, 6.45) is 0. The lowest BCUT2D eigenvalue weighted by Crippen LogP contribution is -2.31. The number of nitrogens with zero attached hydrogens (tertiary/aromatic N) is 1. The number of aromatic nitrogens is 1. The summed E-state index contributed by atoms with van der Waals surface area (Å²) < 4.78 is 0. The van der Waals surface area contributed by atoms with Crippen molar-refractivity contribution in [3.05, 3.63) is 29.1 Å². The zero-order valence-electron chi connectivity index (χ0n) is 9.44. The summed E-state index contributed by atoms with van der Waals surface area (Å²) in [4.78, 5) is 26.3. The van der Waals surface area contributed by atoms with Crippen molar-refractivity contribution in [1.82, 2.24) is 10.3 Å². The first kappa shape index (κ1) is 12.2. The molecule has 0 atom stereocenters. The second-order valence-corrected chi connectivity index (χ2v) is 3.76. The Morgan fingerprint density at radius 1 is 1.38 bits per heavy atom. The lowest BCUT2D eigenvalue weighted by Gasteiger charge is -2.08. The van der Waals surface area contributed by atoms with Crippen LogP contribution >= 0.6 is 0 Å². The molecular formula is C11H14N2O3. The minimum Gasteiger partial charge on any atom is -0.478 e. The minimum atomic E-state index is -1.04. The lowest BCUT2D eigenvalue weighted by atomic mass is 10.2. The summed E-state index contributed by atoms with van der Waals surface area (Å²) in [5.74, 6) is -1.34. The van der Waals surface area contributed by atoms with E-state index < -0.39 is 5.97 Å². The maximum absolute atomic E-state index is 11.6. The van der Waals surface area contributed by atoms with Crippen molar-refractivity contribution in [1.29, 1.82) is 0 Å². The molecule has 0 aromatic carbocycles. The van der Waals surface area contributed by atoms with Gasteiger partial charge in [-0.1, -0.05) is 0 Å². The zero-order valence-corrected chi connectivity index (χ0v) is 9.44. The average Bonchev–Trinajstić information content (AvgIpc) is 2.15. The van der Waals surface area contributed by atoms with Crippen molar-refractivity contribution in [2.75, 3.05) is 0 Å². The van der Waals surface area contributed by atoms with E-state index in [1.165, 1.54) is 12.1 Å². The van der Waals surface area contributed by atoms with Gasteiger partial charge in [-0.25, -0.2) is 9.78 Å². The second kappa shape index (κ2) is 4.74. The van der Waals surface area contributed by atoms with E-state index in [9.17, 15) is 9.59 Å². The molecule has 0 aliphatic carbocycles. The number of aromatic carboxylic acids is 1. The van der Waals surface area contributed by atoms with Crippen LogP contribution in [0.5, 0.6) is 0 Å².